The average molecular weight is 419 g/mol. The van der Waals surface area contributed by atoms with Gasteiger partial charge in [-0.15, -0.1) is 0 Å². The number of carbonyl (C=O) groups excluding carboxylic acids is 2. The third kappa shape index (κ3) is 3.50. The van der Waals surface area contributed by atoms with E-state index in [4.69, 9.17) is 11.6 Å². The van der Waals surface area contributed by atoms with Crippen LogP contribution in [0.4, 0.5) is 10.1 Å². The van der Waals surface area contributed by atoms with Crippen LogP contribution in [0.3, 0.4) is 0 Å². The maximum atomic E-state index is 13.4. The Hall–Kier alpha value is -3.17. The number of nitrogens with zero attached hydrogens (tertiary/aromatic N) is 1. The molecule has 0 aliphatic carbocycles. The van der Waals surface area contributed by atoms with Crippen LogP contribution in [0.25, 0.3) is 11.0 Å². The van der Waals surface area contributed by atoms with Crippen molar-refractivity contribution >= 4 is 40.1 Å². The number of amides is 2. The Morgan fingerprint density at radius 2 is 1.97 bits per heavy atom. The standard InChI is InChI=1S/C19H16ClFN4O4/c20-11-5-10(6-12(21)7-11)9-22-16(26)19(29)3-4-25(17(19)27)13-1-2-14-15(8-13)24-18(28)23-14/h1-2,5-8,29H,3-4,9H2,(H,22,26)(H2,23,24,28). The van der Waals surface area contributed by atoms with E-state index in [0.717, 1.165) is 6.07 Å². The van der Waals surface area contributed by atoms with Crippen LogP contribution in [0.15, 0.2) is 41.2 Å². The van der Waals surface area contributed by atoms with Gasteiger partial charge in [0.25, 0.3) is 11.8 Å². The Bertz CT molecular complexity index is 1170. The molecule has 4 N–H and O–H groups in total. The molecular weight excluding hydrogens is 403 g/mol. The van der Waals surface area contributed by atoms with E-state index >= 15 is 0 Å². The molecule has 1 aliphatic rings. The van der Waals surface area contributed by atoms with Crippen molar-refractivity contribution in [1.29, 1.82) is 0 Å². The second-order valence-electron chi connectivity index (χ2n) is 6.84. The summed E-state index contributed by atoms with van der Waals surface area (Å²) in [5.41, 5.74) is -0.694. The van der Waals surface area contributed by atoms with Crippen molar-refractivity contribution in [2.24, 2.45) is 0 Å². The molecule has 2 amide bonds. The molecule has 1 aromatic heterocycles. The third-order valence-electron chi connectivity index (χ3n) is 4.86. The Morgan fingerprint density at radius 3 is 2.72 bits per heavy atom. The number of fused-ring (bicyclic) bond motifs is 1. The molecule has 1 fully saturated rings. The minimum atomic E-state index is -2.24. The van der Waals surface area contributed by atoms with Crippen molar-refractivity contribution in [2.45, 2.75) is 18.6 Å². The second kappa shape index (κ2) is 7.02. The number of anilines is 1. The fraction of sp³-hybridized carbons (Fsp3) is 0.211. The number of nitrogens with one attached hydrogen (secondary N) is 3. The number of carbonyl (C=O) groups is 2. The lowest BCUT2D eigenvalue weighted by Crippen LogP contribution is -2.52. The predicted molar refractivity (Wildman–Crippen MR) is 104 cm³/mol. The maximum absolute atomic E-state index is 13.4. The van der Waals surface area contributed by atoms with Crippen molar-refractivity contribution in [3.8, 4) is 0 Å². The number of halogens is 2. The van der Waals surface area contributed by atoms with E-state index in [1.54, 1.807) is 18.2 Å². The number of imidazole rings is 1. The molecule has 2 heterocycles. The lowest BCUT2D eigenvalue weighted by molar-refractivity contribution is -0.149. The molecule has 1 unspecified atom stereocenters. The van der Waals surface area contributed by atoms with Crippen LogP contribution in [0.2, 0.25) is 5.02 Å². The summed E-state index contributed by atoms with van der Waals surface area (Å²) in [6.45, 7) is 0.0250. The normalized spacial score (nSPS) is 19.1. The number of rotatable bonds is 4. The van der Waals surface area contributed by atoms with Crippen molar-refractivity contribution in [3.05, 3.63) is 63.3 Å². The Kier molecular flexibility index (Phi) is 4.64. The number of hydrogen-bond acceptors (Lipinski definition) is 4. The van der Waals surface area contributed by atoms with Gasteiger partial charge in [0.05, 0.1) is 11.0 Å². The Morgan fingerprint density at radius 1 is 1.21 bits per heavy atom. The molecule has 0 spiro atoms. The highest BCUT2D eigenvalue weighted by Crippen LogP contribution is 2.30. The fourth-order valence-electron chi connectivity index (χ4n) is 3.39. The van der Waals surface area contributed by atoms with Gasteiger partial charge in [0.1, 0.15) is 5.82 Å². The fourth-order valence-corrected chi connectivity index (χ4v) is 3.64. The number of aliphatic hydroxyl groups is 1. The first-order chi connectivity index (χ1) is 13.8. The average Bonchev–Trinajstić information content (AvgIpc) is 3.18. The molecule has 10 heteroatoms. The van der Waals surface area contributed by atoms with Gasteiger partial charge in [-0.1, -0.05) is 11.6 Å². The minimum Gasteiger partial charge on any atom is -0.372 e. The van der Waals surface area contributed by atoms with Crippen LogP contribution in [0.5, 0.6) is 0 Å². The molecule has 3 aromatic rings. The van der Waals surface area contributed by atoms with Gasteiger partial charge in [-0.3, -0.25) is 9.59 Å². The van der Waals surface area contributed by atoms with Gasteiger partial charge < -0.3 is 25.3 Å². The van der Waals surface area contributed by atoms with Gasteiger partial charge in [-0.2, -0.15) is 0 Å². The first-order valence-electron chi connectivity index (χ1n) is 8.76. The van der Waals surface area contributed by atoms with Gasteiger partial charge in [0.15, 0.2) is 0 Å². The molecule has 0 saturated carbocycles. The van der Waals surface area contributed by atoms with Gasteiger partial charge in [0.2, 0.25) is 5.60 Å². The summed E-state index contributed by atoms with van der Waals surface area (Å²) in [5.74, 6) is -2.20. The lowest BCUT2D eigenvalue weighted by Gasteiger charge is -2.22. The van der Waals surface area contributed by atoms with Crippen LogP contribution in [-0.4, -0.2) is 39.0 Å². The summed E-state index contributed by atoms with van der Waals surface area (Å²) in [6, 6.07) is 8.64. The molecule has 1 atom stereocenters. The number of aromatic nitrogens is 2. The molecule has 8 nitrogen and oxygen atoms in total. The maximum Gasteiger partial charge on any atom is 0.323 e. The highest BCUT2D eigenvalue weighted by Gasteiger charge is 2.51. The van der Waals surface area contributed by atoms with Gasteiger partial charge >= 0.3 is 5.69 Å². The highest BCUT2D eigenvalue weighted by atomic mass is 35.5. The van der Waals surface area contributed by atoms with E-state index in [9.17, 15) is 23.9 Å². The molecular formula is C19H16ClFN4O4. The molecule has 150 valence electrons. The number of aromatic amines is 2. The van der Waals surface area contributed by atoms with E-state index in [0.29, 0.717) is 22.3 Å². The topological polar surface area (TPSA) is 118 Å². The van der Waals surface area contributed by atoms with Crippen LogP contribution in [-0.2, 0) is 16.1 Å². The van der Waals surface area contributed by atoms with Crippen molar-refractivity contribution in [1.82, 2.24) is 15.3 Å². The van der Waals surface area contributed by atoms with Gasteiger partial charge in [0, 0.05) is 30.2 Å². The van der Waals surface area contributed by atoms with E-state index in [2.05, 4.69) is 15.3 Å². The highest BCUT2D eigenvalue weighted by molar-refractivity contribution is 6.30. The first-order valence-corrected chi connectivity index (χ1v) is 9.14. The van der Waals surface area contributed by atoms with Gasteiger partial charge in [-0.25, -0.2) is 9.18 Å². The summed E-state index contributed by atoms with van der Waals surface area (Å²) < 4.78 is 13.4. The zero-order valence-corrected chi connectivity index (χ0v) is 15.7. The molecule has 29 heavy (non-hydrogen) atoms. The molecule has 0 radical (unpaired) electrons. The van der Waals surface area contributed by atoms with E-state index in [1.165, 1.54) is 17.0 Å². The second-order valence-corrected chi connectivity index (χ2v) is 7.27. The summed E-state index contributed by atoms with van der Waals surface area (Å²) in [5, 5.41) is 13.3. The lowest BCUT2D eigenvalue weighted by atomic mass is 10.0. The molecule has 1 aliphatic heterocycles. The number of hydrogen-bond donors (Lipinski definition) is 4. The van der Waals surface area contributed by atoms with E-state index in [-0.39, 0.29) is 30.2 Å². The predicted octanol–water partition coefficient (Wildman–Crippen LogP) is 1.43. The Balaban J connectivity index is 1.51. The number of H-pyrrole nitrogens is 2. The summed E-state index contributed by atoms with van der Waals surface area (Å²) in [4.78, 5) is 43.2. The molecule has 0 bridgehead atoms. The van der Waals surface area contributed by atoms with E-state index < -0.39 is 23.2 Å². The quantitative estimate of drug-likeness (QED) is 0.479. The van der Waals surface area contributed by atoms with E-state index in [1.807, 2.05) is 0 Å². The monoisotopic (exact) mass is 418 g/mol. The Labute approximate surface area is 168 Å². The summed E-state index contributed by atoms with van der Waals surface area (Å²) >= 11 is 5.79. The first kappa shape index (κ1) is 19.2. The number of benzene rings is 2. The largest absolute Gasteiger partial charge is 0.372 e. The van der Waals surface area contributed by atoms with Crippen LogP contribution >= 0.6 is 11.6 Å². The minimum absolute atomic E-state index is 0.0948. The zero-order chi connectivity index (χ0) is 20.8. The molecule has 2 aromatic carbocycles. The third-order valence-corrected chi connectivity index (χ3v) is 5.08. The van der Waals surface area contributed by atoms with Crippen molar-refractivity contribution in [3.63, 3.8) is 0 Å². The van der Waals surface area contributed by atoms with Crippen LogP contribution in [0.1, 0.15) is 12.0 Å². The zero-order valence-electron chi connectivity index (χ0n) is 15.0. The van der Waals surface area contributed by atoms with Crippen molar-refractivity contribution < 1.29 is 19.1 Å². The smallest absolute Gasteiger partial charge is 0.323 e. The summed E-state index contributed by atoms with van der Waals surface area (Å²) in [6.07, 6.45) is -0.108. The van der Waals surface area contributed by atoms with Crippen molar-refractivity contribution in [2.75, 3.05) is 11.4 Å². The molecule has 1 saturated heterocycles. The van der Waals surface area contributed by atoms with Crippen LogP contribution in [0, 0.1) is 5.82 Å². The molecule has 4 rings (SSSR count). The van der Waals surface area contributed by atoms with Gasteiger partial charge in [-0.05, 0) is 42.0 Å². The van der Waals surface area contributed by atoms with Crippen LogP contribution < -0.4 is 15.9 Å². The SMILES string of the molecule is O=C(NCc1cc(F)cc(Cl)c1)C1(O)CCN(c2ccc3[nH]c(=O)[nH]c3c2)C1=O. The summed E-state index contributed by atoms with van der Waals surface area (Å²) in [7, 11) is 0.